The number of amides is 1. The molecule has 1 amide bonds. The molecule has 11 heteroatoms. The van der Waals surface area contributed by atoms with Crippen molar-refractivity contribution in [2.24, 2.45) is 11.7 Å². The number of nitrogens with zero attached hydrogens (tertiary/aromatic N) is 3. The minimum Gasteiger partial charge on any atom is -0.477 e. The Kier molecular flexibility index (Phi) is 6.15. The lowest BCUT2D eigenvalue weighted by Crippen LogP contribution is -2.43. The van der Waals surface area contributed by atoms with Gasteiger partial charge in [0.15, 0.2) is 0 Å². The highest BCUT2D eigenvalue weighted by molar-refractivity contribution is 5.95. The molecule has 2 aliphatic heterocycles. The molecule has 1 aromatic carbocycles. The zero-order chi connectivity index (χ0) is 21.7. The molecule has 9 nitrogen and oxygen atoms in total. The highest BCUT2D eigenvalue weighted by Gasteiger charge is 2.35. The van der Waals surface area contributed by atoms with Crippen LogP contribution < -0.4 is 26.4 Å². The lowest BCUT2D eigenvalue weighted by Gasteiger charge is -2.33. The summed E-state index contributed by atoms with van der Waals surface area (Å²) in [4.78, 5) is 37.8. The van der Waals surface area contributed by atoms with Gasteiger partial charge in [-0.2, -0.15) is 0 Å². The second-order valence-electron chi connectivity index (χ2n) is 7.99. The summed E-state index contributed by atoms with van der Waals surface area (Å²) in [5, 5.41) is 14.1. The van der Waals surface area contributed by atoms with E-state index in [0.717, 1.165) is 6.07 Å². The first kappa shape index (κ1) is 22.8. The predicted molar refractivity (Wildman–Crippen MR) is 117 cm³/mol. The van der Waals surface area contributed by atoms with Crippen molar-refractivity contribution in [2.45, 2.75) is 19.4 Å². The highest BCUT2D eigenvalue weighted by atomic mass is 35.5. The Bertz CT molecular complexity index is 1120. The number of aromatic carboxylic acids is 1. The van der Waals surface area contributed by atoms with Crippen LogP contribution in [-0.2, 0) is 11.2 Å². The average molecular weight is 454 g/mol. The minimum atomic E-state index is -1.34. The Morgan fingerprint density at radius 3 is 2.71 bits per heavy atom. The van der Waals surface area contributed by atoms with Crippen LogP contribution in [0.5, 0.6) is 0 Å². The van der Waals surface area contributed by atoms with Gasteiger partial charge >= 0.3 is 5.97 Å². The van der Waals surface area contributed by atoms with Crippen LogP contribution in [0.3, 0.4) is 0 Å². The van der Waals surface area contributed by atoms with Crippen LogP contribution >= 0.6 is 12.4 Å². The molecular formula is C20H25ClFN5O4. The van der Waals surface area contributed by atoms with Gasteiger partial charge in [-0.25, -0.2) is 9.18 Å². The zero-order valence-electron chi connectivity index (χ0n) is 17.2. The third kappa shape index (κ3) is 3.70. The summed E-state index contributed by atoms with van der Waals surface area (Å²) in [5.41, 5.74) is 5.91. The van der Waals surface area contributed by atoms with Gasteiger partial charge in [-0.05, 0) is 18.4 Å². The first-order valence-electron chi connectivity index (χ1n) is 9.82. The smallest absolute Gasteiger partial charge is 0.341 e. The molecular weight excluding hydrogens is 429 g/mol. The van der Waals surface area contributed by atoms with Crippen LogP contribution in [0.1, 0.15) is 22.8 Å². The summed E-state index contributed by atoms with van der Waals surface area (Å²) in [7, 11) is 1.79. The normalized spacial score (nSPS) is 20.0. The standard InChI is InChI=1S/C20H24FN5O4.ClH/c1-10-7-25(9-15(10)23-16(27)6-22)18-11-3-4-24(2)26-8-13(20(29)30)19(28)12(17(11)26)5-14(18)21;/h5,8,10,15H,3-4,6-7,9,22H2,1-2H3,(H,23,27)(H,29,30);1H/t10-,15+;/m0./s1. The number of rotatable bonds is 4. The number of carbonyl (C=O) groups is 2. The molecule has 0 bridgehead atoms. The number of nitrogens with one attached hydrogen (secondary N) is 1. The predicted octanol–water partition coefficient (Wildman–Crippen LogP) is 0.284. The van der Waals surface area contributed by atoms with Gasteiger partial charge in [0.2, 0.25) is 11.3 Å². The van der Waals surface area contributed by atoms with E-state index in [9.17, 15) is 19.5 Å². The van der Waals surface area contributed by atoms with Crippen molar-refractivity contribution in [3.8, 4) is 0 Å². The number of anilines is 1. The van der Waals surface area contributed by atoms with Crippen molar-refractivity contribution in [3.63, 3.8) is 0 Å². The molecule has 2 aliphatic rings. The number of aromatic nitrogens is 1. The monoisotopic (exact) mass is 453 g/mol. The van der Waals surface area contributed by atoms with Gasteiger partial charge in [-0.15, -0.1) is 12.4 Å². The molecule has 0 radical (unpaired) electrons. The van der Waals surface area contributed by atoms with Crippen LogP contribution in [0.4, 0.5) is 10.1 Å². The van der Waals surface area contributed by atoms with Gasteiger partial charge in [0.25, 0.3) is 0 Å². The lowest BCUT2D eigenvalue weighted by molar-refractivity contribution is -0.120. The van der Waals surface area contributed by atoms with E-state index in [1.54, 1.807) is 16.7 Å². The Balaban J connectivity index is 0.00000272. The Labute approximate surface area is 184 Å². The molecule has 3 heterocycles. The molecule has 0 aliphatic carbocycles. The molecule has 1 aromatic heterocycles. The van der Waals surface area contributed by atoms with E-state index in [4.69, 9.17) is 5.73 Å². The van der Waals surface area contributed by atoms with Crippen LogP contribution in [0.15, 0.2) is 17.1 Å². The van der Waals surface area contributed by atoms with Crippen molar-refractivity contribution < 1.29 is 19.1 Å². The summed E-state index contributed by atoms with van der Waals surface area (Å²) < 4.78 is 16.9. The number of carboxylic acids is 1. The highest BCUT2D eigenvalue weighted by Crippen LogP contribution is 2.36. The topological polar surface area (TPSA) is 121 Å². The number of hydrogen-bond acceptors (Lipinski definition) is 6. The van der Waals surface area contributed by atoms with Crippen LogP contribution in [-0.4, -0.2) is 60.9 Å². The fourth-order valence-electron chi connectivity index (χ4n) is 4.49. The number of pyridine rings is 1. The summed E-state index contributed by atoms with van der Waals surface area (Å²) >= 11 is 0. The maximum Gasteiger partial charge on any atom is 0.341 e. The van der Waals surface area contributed by atoms with Crippen LogP contribution in [0.25, 0.3) is 10.9 Å². The number of carbonyl (C=O) groups excluding carboxylic acids is 1. The van der Waals surface area contributed by atoms with Gasteiger partial charge < -0.3 is 26.1 Å². The summed E-state index contributed by atoms with van der Waals surface area (Å²) in [6.45, 7) is 3.38. The quantitative estimate of drug-likeness (QED) is 0.608. The summed E-state index contributed by atoms with van der Waals surface area (Å²) in [6.07, 6.45) is 1.81. The van der Waals surface area contributed by atoms with E-state index in [2.05, 4.69) is 5.32 Å². The number of carboxylic acid groups (broad SMARTS) is 1. The molecule has 0 unspecified atom stereocenters. The number of benzene rings is 1. The minimum absolute atomic E-state index is 0. The molecule has 4 rings (SSSR count). The lowest BCUT2D eigenvalue weighted by atomic mass is 9.99. The molecule has 0 saturated carbocycles. The molecule has 31 heavy (non-hydrogen) atoms. The SMILES string of the molecule is C[C@H]1CN(c2c(F)cc3c(=O)c(C(=O)O)cn4c3c2CCN4C)C[C@H]1NC(=O)CN.Cl. The third-order valence-corrected chi connectivity index (χ3v) is 6.04. The van der Waals surface area contributed by atoms with Gasteiger partial charge in [-0.3, -0.25) is 14.3 Å². The molecule has 4 N–H and O–H groups in total. The number of hydrogen-bond donors (Lipinski definition) is 3. The zero-order valence-corrected chi connectivity index (χ0v) is 18.0. The maximum absolute atomic E-state index is 15.3. The number of likely N-dealkylation sites (N-methyl/N-ethyl adjacent to an activating group) is 1. The molecule has 0 spiro atoms. The van der Waals surface area contributed by atoms with Crippen molar-refractivity contribution in [1.29, 1.82) is 0 Å². The van der Waals surface area contributed by atoms with Gasteiger partial charge in [0, 0.05) is 38.4 Å². The largest absolute Gasteiger partial charge is 0.477 e. The van der Waals surface area contributed by atoms with Crippen molar-refractivity contribution >= 4 is 40.9 Å². The number of nitrogens with two attached hydrogens (primary N) is 1. The molecule has 1 saturated heterocycles. The second kappa shape index (κ2) is 8.35. The first-order valence-corrected chi connectivity index (χ1v) is 9.82. The maximum atomic E-state index is 15.3. The van der Waals surface area contributed by atoms with E-state index in [1.165, 1.54) is 6.20 Å². The van der Waals surface area contributed by atoms with Crippen LogP contribution in [0.2, 0.25) is 0 Å². The van der Waals surface area contributed by atoms with E-state index in [0.29, 0.717) is 42.8 Å². The third-order valence-electron chi connectivity index (χ3n) is 6.04. The fraction of sp³-hybridized carbons (Fsp3) is 0.450. The van der Waals surface area contributed by atoms with E-state index < -0.39 is 22.8 Å². The van der Waals surface area contributed by atoms with Crippen molar-refractivity contribution in [3.05, 3.63) is 39.4 Å². The Morgan fingerprint density at radius 2 is 2.06 bits per heavy atom. The molecule has 168 valence electrons. The molecule has 2 atom stereocenters. The van der Waals surface area contributed by atoms with Crippen molar-refractivity contribution in [2.75, 3.05) is 43.1 Å². The average Bonchev–Trinajstić information content (AvgIpc) is 3.05. The van der Waals surface area contributed by atoms with E-state index in [1.807, 2.05) is 11.8 Å². The van der Waals surface area contributed by atoms with Crippen molar-refractivity contribution in [1.82, 2.24) is 9.99 Å². The molecule has 1 fully saturated rings. The first-order chi connectivity index (χ1) is 14.2. The van der Waals surface area contributed by atoms with E-state index >= 15 is 4.39 Å². The van der Waals surface area contributed by atoms with Gasteiger partial charge in [0.05, 0.1) is 29.2 Å². The summed E-state index contributed by atoms with van der Waals surface area (Å²) in [5.74, 6) is -2.08. The van der Waals surface area contributed by atoms with E-state index in [-0.39, 0.29) is 42.2 Å². The fourth-order valence-corrected chi connectivity index (χ4v) is 4.49. The molecule has 2 aromatic rings. The number of halogens is 2. The second-order valence-corrected chi connectivity index (χ2v) is 7.99. The van der Waals surface area contributed by atoms with Gasteiger partial charge in [0.1, 0.15) is 11.4 Å². The Morgan fingerprint density at radius 1 is 1.35 bits per heavy atom. The van der Waals surface area contributed by atoms with Crippen LogP contribution in [0, 0.1) is 11.7 Å². The van der Waals surface area contributed by atoms with Gasteiger partial charge in [-0.1, -0.05) is 6.92 Å². The summed E-state index contributed by atoms with van der Waals surface area (Å²) in [6, 6.07) is 0.973. The Hall–Kier alpha value is -2.85.